The summed E-state index contributed by atoms with van der Waals surface area (Å²) in [6, 6.07) is 8.06. The summed E-state index contributed by atoms with van der Waals surface area (Å²) >= 11 is 3.43. The fourth-order valence-electron chi connectivity index (χ4n) is 2.81. The molecule has 1 saturated heterocycles. The number of nitrogens with zero attached hydrogens (tertiary/aromatic N) is 1. The number of rotatable bonds is 4. The van der Waals surface area contributed by atoms with Crippen molar-refractivity contribution in [1.82, 2.24) is 4.90 Å². The predicted octanol–water partition coefficient (Wildman–Crippen LogP) is 4.22. The van der Waals surface area contributed by atoms with Crippen LogP contribution in [-0.4, -0.2) is 29.3 Å². The smallest absolute Gasteiger partial charge is 0.156 e. The molecule has 1 aliphatic heterocycles. The molecule has 1 heterocycles. The molecule has 3 heteroatoms. The number of hydrogen-bond acceptors (Lipinski definition) is 2. The largest absolute Gasteiger partial charge is 0.297 e. The lowest BCUT2D eigenvalue weighted by Crippen LogP contribution is -2.51. The Hall–Kier alpha value is -0.670. The number of hydrogen-bond donors (Lipinski definition) is 0. The first kappa shape index (κ1) is 15.7. The zero-order chi connectivity index (χ0) is 14.6. The molecule has 0 atom stereocenters. The number of carbonyl (C=O) groups excluding carboxylic acids is 1. The van der Waals surface area contributed by atoms with E-state index in [9.17, 15) is 4.79 Å². The van der Waals surface area contributed by atoms with Gasteiger partial charge in [0.05, 0.1) is 5.54 Å². The Labute approximate surface area is 130 Å². The number of Topliss-reactive ketones (excluding diaryl/α,β-unsaturated/α-hetero) is 1. The molecule has 0 N–H and O–H groups in total. The van der Waals surface area contributed by atoms with Crippen molar-refractivity contribution in [1.29, 1.82) is 0 Å². The molecular weight excluding hydrogens is 314 g/mol. The van der Waals surface area contributed by atoms with Crippen molar-refractivity contribution < 1.29 is 4.79 Å². The van der Waals surface area contributed by atoms with E-state index in [2.05, 4.69) is 34.7 Å². The Kier molecular flexibility index (Phi) is 5.39. The maximum absolute atomic E-state index is 12.7. The van der Waals surface area contributed by atoms with E-state index in [1.54, 1.807) is 0 Å². The lowest BCUT2D eigenvalue weighted by atomic mass is 9.91. The van der Waals surface area contributed by atoms with Crippen molar-refractivity contribution in [3.05, 3.63) is 34.3 Å². The number of carbonyl (C=O) groups is 1. The second kappa shape index (κ2) is 6.86. The monoisotopic (exact) mass is 337 g/mol. The van der Waals surface area contributed by atoms with Crippen molar-refractivity contribution in [3.63, 3.8) is 0 Å². The van der Waals surface area contributed by atoms with Gasteiger partial charge in [0, 0.05) is 10.9 Å². The molecule has 1 aliphatic rings. The zero-order valence-electron chi connectivity index (χ0n) is 12.5. The van der Waals surface area contributed by atoms with E-state index in [1.807, 2.05) is 24.3 Å². The molecule has 0 radical (unpaired) electrons. The van der Waals surface area contributed by atoms with Gasteiger partial charge in [0.2, 0.25) is 0 Å². The third kappa shape index (κ3) is 3.92. The molecule has 0 spiro atoms. The first-order valence-electron chi connectivity index (χ1n) is 7.53. The second-order valence-electron chi connectivity index (χ2n) is 6.19. The number of likely N-dealkylation sites (tertiary alicyclic amines) is 1. The molecule has 2 nitrogen and oxygen atoms in total. The molecule has 20 heavy (non-hydrogen) atoms. The van der Waals surface area contributed by atoms with Crippen molar-refractivity contribution in [3.8, 4) is 0 Å². The van der Waals surface area contributed by atoms with E-state index in [4.69, 9.17) is 0 Å². The molecule has 0 saturated carbocycles. The molecule has 0 aliphatic carbocycles. The Morgan fingerprint density at radius 2 is 1.65 bits per heavy atom. The van der Waals surface area contributed by atoms with Crippen LogP contribution in [-0.2, 0) is 11.2 Å². The SMILES string of the molecule is CC(C)(C(=O)Cc1ccc(Br)cc1)N1CCCCCC1. The minimum Gasteiger partial charge on any atom is -0.297 e. The van der Waals surface area contributed by atoms with Gasteiger partial charge in [0.1, 0.15) is 0 Å². The first-order valence-corrected chi connectivity index (χ1v) is 8.32. The Morgan fingerprint density at radius 3 is 2.20 bits per heavy atom. The van der Waals surface area contributed by atoms with Crippen LogP contribution in [0.4, 0.5) is 0 Å². The highest BCUT2D eigenvalue weighted by atomic mass is 79.9. The van der Waals surface area contributed by atoms with Crippen LogP contribution in [0.3, 0.4) is 0 Å². The van der Waals surface area contributed by atoms with Crippen LogP contribution in [0.25, 0.3) is 0 Å². The third-order valence-electron chi connectivity index (χ3n) is 4.36. The molecule has 0 amide bonds. The summed E-state index contributed by atoms with van der Waals surface area (Å²) in [5.74, 6) is 0.321. The van der Waals surface area contributed by atoms with Crippen molar-refractivity contribution in [2.24, 2.45) is 0 Å². The summed E-state index contributed by atoms with van der Waals surface area (Å²) in [5, 5.41) is 0. The van der Waals surface area contributed by atoms with E-state index >= 15 is 0 Å². The average Bonchev–Trinajstić information content (AvgIpc) is 2.70. The molecule has 0 unspecified atom stereocenters. The highest BCUT2D eigenvalue weighted by molar-refractivity contribution is 9.10. The lowest BCUT2D eigenvalue weighted by molar-refractivity contribution is -0.128. The Bertz CT molecular complexity index is 445. The van der Waals surface area contributed by atoms with Crippen LogP contribution in [0, 0.1) is 0 Å². The molecular formula is C17H24BrNO. The maximum atomic E-state index is 12.7. The second-order valence-corrected chi connectivity index (χ2v) is 7.10. The van der Waals surface area contributed by atoms with Crippen LogP contribution in [0.15, 0.2) is 28.7 Å². The van der Waals surface area contributed by atoms with Gasteiger partial charge in [-0.1, -0.05) is 40.9 Å². The van der Waals surface area contributed by atoms with Gasteiger partial charge in [0.15, 0.2) is 5.78 Å². The first-order chi connectivity index (χ1) is 9.50. The molecule has 1 fully saturated rings. The molecule has 1 aromatic carbocycles. The van der Waals surface area contributed by atoms with Gasteiger partial charge in [-0.2, -0.15) is 0 Å². The van der Waals surface area contributed by atoms with E-state index in [0.717, 1.165) is 23.1 Å². The summed E-state index contributed by atoms with van der Waals surface area (Å²) < 4.78 is 1.06. The molecule has 1 aromatic rings. The molecule has 2 rings (SSSR count). The average molecular weight is 338 g/mol. The van der Waals surface area contributed by atoms with Crippen LogP contribution in [0.2, 0.25) is 0 Å². The van der Waals surface area contributed by atoms with E-state index in [1.165, 1.54) is 25.7 Å². The third-order valence-corrected chi connectivity index (χ3v) is 4.89. The van der Waals surface area contributed by atoms with Gasteiger partial charge in [-0.3, -0.25) is 9.69 Å². The fourth-order valence-corrected chi connectivity index (χ4v) is 3.07. The van der Waals surface area contributed by atoms with Crippen LogP contribution in [0.5, 0.6) is 0 Å². The number of benzene rings is 1. The minimum absolute atomic E-state index is 0.321. The van der Waals surface area contributed by atoms with Crippen LogP contribution >= 0.6 is 15.9 Å². The van der Waals surface area contributed by atoms with Crippen molar-refractivity contribution in [2.45, 2.75) is 51.5 Å². The highest BCUT2D eigenvalue weighted by Gasteiger charge is 2.33. The molecule has 0 bridgehead atoms. The Balaban J connectivity index is 2.03. The van der Waals surface area contributed by atoms with Crippen molar-refractivity contribution in [2.75, 3.05) is 13.1 Å². The van der Waals surface area contributed by atoms with E-state index in [-0.39, 0.29) is 5.54 Å². The van der Waals surface area contributed by atoms with Gasteiger partial charge in [-0.05, 0) is 57.5 Å². The summed E-state index contributed by atoms with van der Waals surface area (Å²) in [7, 11) is 0. The lowest BCUT2D eigenvalue weighted by Gasteiger charge is -2.36. The number of halogens is 1. The predicted molar refractivity (Wildman–Crippen MR) is 87.0 cm³/mol. The highest BCUT2D eigenvalue weighted by Crippen LogP contribution is 2.23. The standard InChI is InChI=1S/C17H24BrNO/c1-17(2,19-11-5-3-4-6-12-19)16(20)13-14-7-9-15(18)10-8-14/h7-10H,3-6,11-13H2,1-2H3. The summed E-state index contributed by atoms with van der Waals surface area (Å²) in [5.41, 5.74) is 0.748. The van der Waals surface area contributed by atoms with Gasteiger partial charge in [0.25, 0.3) is 0 Å². The molecule has 110 valence electrons. The van der Waals surface area contributed by atoms with E-state index in [0.29, 0.717) is 12.2 Å². The van der Waals surface area contributed by atoms with Gasteiger partial charge in [-0.15, -0.1) is 0 Å². The van der Waals surface area contributed by atoms with Crippen molar-refractivity contribution >= 4 is 21.7 Å². The van der Waals surface area contributed by atoms with Gasteiger partial charge >= 0.3 is 0 Å². The minimum atomic E-state index is -0.350. The van der Waals surface area contributed by atoms with Crippen LogP contribution < -0.4 is 0 Å². The van der Waals surface area contributed by atoms with Gasteiger partial charge < -0.3 is 0 Å². The van der Waals surface area contributed by atoms with Gasteiger partial charge in [-0.25, -0.2) is 0 Å². The van der Waals surface area contributed by atoms with Crippen LogP contribution in [0.1, 0.15) is 45.1 Å². The zero-order valence-corrected chi connectivity index (χ0v) is 14.1. The number of ketones is 1. The normalized spacial score (nSPS) is 17.8. The summed E-state index contributed by atoms with van der Waals surface area (Å²) in [6.45, 7) is 6.27. The Morgan fingerprint density at radius 1 is 1.10 bits per heavy atom. The van der Waals surface area contributed by atoms with E-state index < -0.39 is 0 Å². The molecule has 0 aromatic heterocycles. The summed E-state index contributed by atoms with van der Waals surface area (Å²) in [4.78, 5) is 15.1. The quantitative estimate of drug-likeness (QED) is 0.819. The topological polar surface area (TPSA) is 20.3 Å². The summed E-state index contributed by atoms with van der Waals surface area (Å²) in [6.07, 6.45) is 5.56. The maximum Gasteiger partial charge on any atom is 0.156 e. The fraction of sp³-hybridized carbons (Fsp3) is 0.588.